The van der Waals surface area contributed by atoms with Crippen LogP contribution in [0.2, 0.25) is 0 Å². The van der Waals surface area contributed by atoms with Gasteiger partial charge < -0.3 is 4.57 Å². The highest BCUT2D eigenvalue weighted by atomic mass is 79.9. The van der Waals surface area contributed by atoms with Crippen molar-refractivity contribution in [3.05, 3.63) is 34.4 Å². The number of rotatable bonds is 3. The van der Waals surface area contributed by atoms with Gasteiger partial charge in [0, 0.05) is 28.1 Å². The summed E-state index contributed by atoms with van der Waals surface area (Å²) in [6, 6.07) is 8.00. The molecule has 2 rings (SSSR count). The highest BCUT2D eigenvalue weighted by Gasteiger charge is 2.15. The lowest BCUT2D eigenvalue weighted by Crippen LogP contribution is -2.29. The second kappa shape index (κ2) is 5.12. The van der Waals surface area contributed by atoms with Crippen molar-refractivity contribution in [2.24, 2.45) is 0 Å². The van der Waals surface area contributed by atoms with Gasteiger partial charge in [0.05, 0.1) is 7.11 Å². The number of aromatic nitrogens is 1. The third-order valence-corrected chi connectivity index (χ3v) is 4.07. The second-order valence-electron chi connectivity index (χ2n) is 4.08. The van der Waals surface area contributed by atoms with Crippen LogP contribution in [-0.2, 0) is 16.2 Å². The number of hydroxylamine groups is 2. The van der Waals surface area contributed by atoms with Gasteiger partial charge in [-0.15, -0.1) is 0 Å². The van der Waals surface area contributed by atoms with Crippen LogP contribution in [0.1, 0.15) is 5.69 Å². The van der Waals surface area contributed by atoms with Crippen LogP contribution >= 0.6 is 15.9 Å². The number of likely N-dealkylation sites (N-methyl/N-ethyl adjacent to an activating group) is 1. The topological polar surface area (TPSA) is 34.5 Å². The molecule has 0 aliphatic carbocycles. The summed E-state index contributed by atoms with van der Waals surface area (Å²) >= 11 is 3.57. The maximum Gasteiger partial charge on any atom is 0.265 e. The average Bonchev–Trinajstić information content (AvgIpc) is 2.63. The number of carbonyl (C=O) groups excluding carboxylic acids is 1. The first kappa shape index (κ1) is 13.1. The van der Waals surface area contributed by atoms with E-state index in [0.717, 1.165) is 21.1 Å². The number of benzene rings is 1. The maximum absolute atomic E-state index is 11.9. The van der Waals surface area contributed by atoms with E-state index in [0.29, 0.717) is 0 Å². The monoisotopic (exact) mass is 310 g/mol. The molecule has 0 atom stereocenters. The molecule has 0 fully saturated rings. The van der Waals surface area contributed by atoms with Crippen LogP contribution < -0.4 is 0 Å². The fourth-order valence-electron chi connectivity index (χ4n) is 1.93. The molecule has 0 saturated heterocycles. The van der Waals surface area contributed by atoms with E-state index >= 15 is 0 Å². The van der Waals surface area contributed by atoms with Crippen LogP contribution in [-0.4, -0.2) is 29.7 Å². The lowest BCUT2D eigenvalue weighted by molar-refractivity contribution is -0.169. The van der Waals surface area contributed by atoms with Gasteiger partial charge in [0.15, 0.2) is 0 Å². The molecule has 18 heavy (non-hydrogen) atoms. The molecule has 1 heterocycles. The largest absolute Gasteiger partial charge is 0.334 e. The lowest BCUT2D eigenvalue weighted by Gasteiger charge is -2.15. The molecule has 0 aliphatic heterocycles. The van der Waals surface area contributed by atoms with Crippen LogP contribution in [0.3, 0.4) is 0 Å². The number of halogens is 1. The van der Waals surface area contributed by atoms with Gasteiger partial charge in [-0.2, -0.15) is 0 Å². The predicted octanol–water partition coefficient (Wildman–Crippen LogP) is 2.73. The van der Waals surface area contributed by atoms with Gasteiger partial charge in [-0.05, 0) is 28.9 Å². The van der Waals surface area contributed by atoms with E-state index in [1.807, 2.05) is 35.8 Å². The van der Waals surface area contributed by atoms with Gasteiger partial charge in [0.1, 0.15) is 6.54 Å². The van der Waals surface area contributed by atoms with Crippen LogP contribution in [0.5, 0.6) is 0 Å². The number of nitrogens with zero attached hydrogens (tertiary/aromatic N) is 2. The number of hydrogen-bond donors (Lipinski definition) is 0. The zero-order chi connectivity index (χ0) is 13.3. The lowest BCUT2D eigenvalue weighted by atomic mass is 10.2. The Morgan fingerprint density at radius 3 is 2.78 bits per heavy atom. The van der Waals surface area contributed by atoms with Gasteiger partial charge in [0.25, 0.3) is 5.91 Å². The Hall–Kier alpha value is -1.33. The molecule has 1 amide bonds. The third-order valence-electron chi connectivity index (χ3n) is 3.07. The van der Waals surface area contributed by atoms with E-state index < -0.39 is 0 Å². The van der Waals surface area contributed by atoms with Crippen LogP contribution in [0, 0.1) is 6.92 Å². The average molecular weight is 311 g/mol. The predicted molar refractivity (Wildman–Crippen MR) is 74.2 cm³/mol. The molecular weight excluding hydrogens is 296 g/mol. The minimum absolute atomic E-state index is 0.0890. The Morgan fingerprint density at radius 1 is 1.44 bits per heavy atom. The second-order valence-corrected chi connectivity index (χ2v) is 4.87. The minimum atomic E-state index is -0.0890. The number of hydrogen-bond acceptors (Lipinski definition) is 2. The summed E-state index contributed by atoms with van der Waals surface area (Å²) in [4.78, 5) is 16.8. The molecule has 0 radical (unpaired) electrons. The fourth-order valence-corrected chi connectivity index (χ4v) is 2.48. The normalized spacial score (nSPS) is 10.9. The van der Waals surface area contributed by atoms with Crippen molar-refractivity contribution >= 4 is 32.7 Å². The standard InChI is InChI=1S/C13H15BrN2O2/c1-9-13(14)10-6-4-5-7-11(10)16(9)8-12(17)15(2)18-3/h4-7H,8H2,1-3H3. The first-order valence-corrected chi connectivity index (χ1v) is 6.39. The summed E-state index contributed by atoms with van der Waals surface area (Å²) in [6.07, 6.45) is 0. The van der Waals surface area contributed by atoms with E-state index in [1.54, 1.807) is 7.05 Å². The van der Waals surface area contributed by atoms with Crippen molar-refractivity contribution in [1.29, 1.82) is 0 Å². The Morgan fingerprint density at radius 2 is 2.11 bits per heavy atom. The zero-order valence-electron chi connectivity index (χ0n) is 10.6. The fraction of sp³-hybridized carbons (Fsp3) is 0.308. The van der Waals surface area contributed by atoms with Gasteiger partial charge in [-0.1, -0.05) is 18.2 Å². The number of carbonyl (C=O) groups is 1. The quantitative estimate of drug-likeness (QED) is 0.817. The molecule has 0 N–H and O–H groups in total. The zero-order valence-corrected chi connectivity index (χ0v) is 12.2. The molecular formula is C13H15BrN2O2. The van der Waals surface area contributed by atoms with Crippen LogP contribution in [0.25, 0.3) is 10.9 Å². The highest BCUT2D eigenvalue weighted by molar-refractivity contribution is 9.10. The molecule has 1 aromatic heterocycles. The molecule has 0 saturated carbocycles. The minimum Gasteiger partial charge on any atom is -0.334 e. The Labute approximate surface area is 114 Å². The molecule has 1 aromatic carbocycles. The van der Waals surface area contributed by atoms with Crippen molar-refractivity contribution in [3.8, 4) is 0 Å². The van der Waals surface area contributed by atoms with Gasteiger partial charge in [-0.25, -0.2) is 5.06 Å². The summed E-state index contributed by atoms with van der Waals surface area (Å²) < 4.78 is 3.02. The maximum atomic E-state index is 11.9. The first-order chi connectivity index (χ1) is 8.56. The number of para-hydroxylation sites is 1. The summed E-state index contributed by atoms with van der Waals surface area (Å²) in [5.41, 5.74) is 2.08. The molecule has 0 bridgehead atoms. The number of amides is 1. The Bertz CT molecular complexity index is 592. The third kappa shape index (κ3) is 2.15. The van der Waals surface area contributed by atoms with Crippen molar-refractivity contribution < 1.29 is 9.63 Å². The smallest absolute Gasteiger partial charge is 0.265 e. The Kier molecular flexibility index (Phi) is 3.73. The van der Waals surface area contributed by atoms with Crippen LogP contribution in [0.15, 0.2) is 28.7 Å². The van der Waals surface area contributed by atoms with E-state index in [-0.39, 0.29) is 12.5 Å². The SMILES string of the molecule is CON(C)C(=O)Cn1c(C)c(Br)c2ccccc21. The van der Waals surface area contributed by atoms with Gasteiger partial charge in [-0.3, -0.25) is 9.63 Å². The summed E-state index contributed by atoms with van der Waals surface area (Å²) in [5.74, 6) is -0.0890. The molecule has 2 aromatic rings. The van der Waals surface area contributed by atoms with Crippen molar-refractivity contribution in [3.63, 3.8) is 0 Å². The van der Waals surface area contributed by atoms with Crippen molar-refractivity contribution in [1.82, 2.24) is 9.63 Å². The van der Waals surface area contributed by atoms with Crippen molar-refractivity contribution in [2.45, 2.75) is 13.5 Å². The molecule has 0 spiro atoms. The van der Waals surface area contributed by atoms with Crippen molar-refractivity contribution in [2.75, 3.05) is 14.2 Å². The van der Waals surface area contributed by atoms with Gasteiger partial charge in [0.2, 0.25) is 0 Å². The first-order valence-electron chi connectivity index (χ1n) is 5.60. The van der Waals surface area contributed by atoms with E-state index in [1.165, 1.54) is 12.2 Å². The molecule has 0 aliphatic rings. The van der Waals surface area contributed by atoms with Crippen LogP contribution in [0.4, 0.5) is 0 Å². The van der Waals surface area contributed by atoms with E-state index in [4.69, 9.17) is 4.84 Å². The summed E-state index contributed by atoms with van der Waals surface area (Å²) in [7, 11) is 3.09. The molecule has 4 nitrogen and oxygen atoms in total. The van der Waals surface area contributed by atoms with E-state index in [9.17, 15) is 4.79 Å². The summed E-state index contributed by atoms with van der Waals surface area (Å²) in [5, 5.41) is 2.35. The Balaban J connectivity index is 2.45. The number of fused-ring (bicyclic) bond motifs is 1. The molecule has 5 heteroatoms. The van der Waals surface area contributed by atoms with E-state index in [2.05, 4.69) is 15.9 Å². The molecule has 0 unspecified atom stereocenters. The summed E-state index contributed by atoms with van der Waals surface area (Å²) in [6.45, 7) is 2.26. The van der Waals surface area contributed by atoms with Gasteiger partial charge >= 0.3 is 0 Å². The molecule has 96 valence electrons. The highest BCUT2D eigenvalue weighted by Crippen LogP contribution is 2.30.